The van der Waals surface area contributed by atoms with Crippen molar-refractivity contribution in [1.29, 1.82) is 0 Å². The van der Waals surface area contributed by atoms with Crippen molar-refractivity contribution in [2.24, 2.45) is 5.11 Å². The van der Waals surface area contributed by atoms with Gasteiger partial charge in [-0.05, 0) is 16.7 Å². The number of carboxylic acids is 1. The minimum absolute atomic E-state index is 0.0724. The summed E-state index contributed by atoms with van der Waals surface area (Å²) in [4.78, 5) is 20.0. The normalized spacial score (nSPS) is 9.87. The number of azide groups is 1. The van der Waals surface area contributed by atoms with Gasteiger partial charge in [-0.25, -0.2) is 4.79 Å². The van der Waals surface area contributed by atoms with Crippen molar-refractivity contribution in [3.05, 3.63) is 34.5 Å². The number of fused-ring (bicyclic) bond motifs is 1. The first-order valence-corrected chi connectivity index (χ1v) is 3.98. The van der Waals surface area contributed by atoms with Crippen LogP contribution in [0.2, 0.25) is 0 Å². The van der Waals surface area contributed by atoms with Gasteiger partial charge in [0.05, 0.1) is 11.1 Å². The summed E-state index contributed by atoms with van der Waals surface area (Å²) in [7, 11) is 0. The summed E-state index contributed by atoms with van der Waals surface area (Å²) < 4.78 is 0. The third-order valence-corrected chi connectivity index (χ3v) is 1.95. The lowest BCUT2D eigenvalue weighted by Gasteiger charge is -1.98. The number of nitrogens with zero attached hydrogens (tertiary/aromatic N) is 4. The number of rotatable bonds is 2. The van der Waals surface area contributed by atoms with Crippen LogP contribution in [0.3, 0.4) is 0 Å². The number of aromatic amines is 1. The van der Waals surface area contributed by atoms with Gasteiger partial charge in [-0.2, -0.15) is 0 Å². The molecule has 2 aromatic heterocycles. The second-order valence-corrected chi connectivity index (χ2v) is 2.76. The third kappa shape index (κ3) is 1.36. The zero-order chi connectivity index (χ0) is 10.8. The molecule has 2 aromatic rings. The number of carboxylic acid groups (broad SMARTS) is 1. The average Bonchev–Trinajstić information content (AvgIpc) is 2.66. The number of aromatic nitrogens is 2. The number of aromatic carboxylic acids is 1. The highest BCUT2D eigenvalue weighted by Crippen LogP contribution is 2.25. The summed E-state index contributed by atoms with van der Waals surface area (Å²) in [6.07, 6.45) is 2.73. The molecule has 2 rings (SSSR count). The molecule has 2 N–H and O–H groups in total. The topological polar surface area (TPSA) is 115 Å². The van der Waals surface area contributed by atoms with Crippen LogP contribution in [-0.2, 0) is 0 Å². The number of hydrogen-bond acceptors (Lipinski definition) is 3. The molecule has 0 saturated carbocycles. The molecule has 0 aliphatic carbocycles. The molecule has 0 aliphatic heterocycles. The molecule has 0 bridgehead atoms. The van der Waals surface area contributed by atoms with E-state index in [-0.39, 0.29) is 11.4 Å². The second kappa shape index (κ2) is 3.32. The highest BCUT2D eigenvalue weighted by atomic mass is 16.4. The second-order valence-electron chi connectivity index (χ2n) is 2.76. The molecule has 0 fully saturated rings. The van der Waals surface area contributed by atoms with Crippen LogP contribution in [-0.4, -0.2) is 21.0 Å². The van der Waals surface area contributed by atoms with Gasteiger partial charge < -0.3 is 10.1 Å². The molecule has 15 heavy (non-hydrogen) atoms. The Balaban J connectivity index is 2.81. The Morgan fingerprint density at radius 3 is 3.13 bits per heavy atom. The van der Waals surface area contributed by atoms with Crippen LogP contribution in [0.4, 0.5) is 5.82 Å². The smallest absolute Gasteiger partial charge is 0.337 e. The van der Waals surface area contributed by atoms with E-state index in [9.17, 15) is 4.79 Å². The number of nitrogens with one attached hydrogen (secondary N) is 1. The van der Waals surface area contributed by atoms with Crippen LogP contribution in [0.1, 0.15) is 10.4 Å². The molecule has 0 atom stereocenters. The molecule has 0 saturated heterocycles. The highest BCUT2D eigenvalue weighted by Gasteiger charge is 2.12. The summed E-state index contributed by atoms with van der Waals surface area (Å²) >= 11 is 0. The van der Waals surface area contributed by atoms with E-state index in [1.165, 1.54) is 6.20 Å². The largest absolute Gasteiger partial charge is 0.478 e. The molecule has 0 aromatic carbocycles. The van der Waals surface area contributed by atoms with Crippen molar-refractivity contribution in [1.82, 2.24) is 9.97 Å². The van der Waals surface area contributed by atoms with E-state index in [4.69, 9.17) is 10.6 Å². The van der Waals surface area contributed by atoms with Crippen LogP contribution in [0, 0.1) is 0 Å². The minimum atomic E-state index is -1.07. The first kappa shape index (κ1) is 9.04. The average molecular weight is 203 g/mol. The van der Waals surface area contributed by atoms with Crippen LogP contribution in [0.15, 0.2) is 23.6 Å². The molecular formula is C8H5N5O2. The minimum Gasteiger partial charge on any atom is -0.478 e. The molecule has 0 unspecified atom stereocenters. The fraction of sp³-hybridized carbons (Fsp3) is 0. The lowest BCUT2D eigenvalue weighted by molar-refractivity contribution is 0.0698. The summed E-state index contributed by atoms with van der Waals surface area (Å²) in [6, 6.07) is 1.59. The Morgan fingerprint density at radius 1 is 1.67 bits per heavy atom. The maximum atomic E-state index is 10.8. The van der Waals surface area contributed by atoms with Gasteiger partial charge in [0.15, 0.2) is 5.82 Å². The number of carbonyl (C=O) groups is 1. The third-order valence-electron chi connectivity index (χ3n) is 1.95. The molecule has 7 nitrogen and oxygen atoms in total. The van der Waals surface area contributed by atoms with Gasteiger partial charge in [-0.1, -0.05) is 0 Å². The Labute approximate surface area is 83.0 Å². The van der Waals surface area contributed by atoms with Crippen LogP contribution in [0.5, 0.6) is 0 Å². The van der Waals surface area contributed by atoms with Crippen LogP contribution in [0.25, 0.3) is 21.3 Å². The fourth-order valence-electron chi connectivity index (χ4n) is 1.33. The SMILES string of the molecule is [N-]=[N+]=Nc1ncc(C(=O)O)c2cc[nH]c12. The first-order valence-electron chi connectivity index (χ1n) is 3.98. The maximum Gasteiger partial charge on any atom is 0.337 e. The standard InChI is InChI=1S/C8H5N5O2/c9-13-12-7-6-4(1-2-10-6)5(3-11-7)8(14)15/h1-3,10H,(H,14,15). The molecule has 0 amide bonds. The van der Waals surface area contributed by atoms with Crippen molar-refractivity contribution in [2.75, 3.05) is 0 Å². The van der Waals surface area contributed by atoms with E-state index in [0.29, 0.717) is 10.9 Å². The van der Waals surface area contributed by atoms with Crippen LogP contribution >= 0.6 is 0 Å². The fourth-order valence-corrected chi connectivity index (χ4v) is 1.33. The summed E-state index contributed by atoms with van der Waals surface area (Å²) in [5.74, 6) is -0.929. The predicted octanol–water partition coefficient (Wildman–Crippen LogP) is 2.20. The molecule has 7 heteroatoms. The Hall–Kier alpha value is -2.53. The van der Waals surface area contributed by atoms with Crippen LogP contribution < -0.4 is 0 Å². The molecule has 0 spiro atoms. The maximum absolute atomic E-state index is 10.8. The van der Waals surface area contributed by atoms with Crippen molar-refractivity contribution in [2.45, 2.75) is 0 Å². The van der Waals surface area contributed by atoms with E-state index in [2.05, 4.69) is 20.0 Å². The van der Waals surface area contributed by atoms with Gasteiger partial charge >= 0.3 is 5.97 Å². The number of H-pyrrole nitrogens is 1. The Morgan fingerprint density at radius 2 is 2.47 bits per heavy atom. The van der Waals surface area contributed by atoms with E-state index >= 15 is 0 Å². The van der Waals surface area contributed by atoms with Gasteiger partial charge in [0.1, 0.15) is 0 Å². The Kier molecular flexibility index (Phi) is 2.00. The van der Waals surface area contributed by atoms with E-state index in [1.54, 1.807) is 12.3 Å². The van der Waals surface area contributed by atoms with E-state index in [0.717, 1.165) is 0 Å². The summed E-state index contributed by atoms with van der Waals surface area (Å²) in [5.41, 5.74) is 8.78. The lowest BCUT2D eigenvalue weighted by atomic mass is 10.2. The monoisotopic (exact) mass is 203 g/mol. The number of hydrogen-bond donors (Lipinski definition) is 2. The number of pyridine rings is 1. The van der Waals surface area contributed by atoms with Crippen molar-refractivity contribution in [3.8, 4) is 0 Å². The van der Waals surface area contributed by atoms with Crippen molar-refractivity contribution >= 4 is 22.7 Å². The van der Waals surface area contributed by atoms with Crippen molar-refractivity contribution < 1.29 is 9.90 Å². The molecule has 74 valence electrons. The van der Waals surface area contributed by atoms with Gasteiger partial charge in [-0.15, -0.1) is 0 Å². The van der Waals surface area contributed by atoms with Gasteiger partial charge in [0.25, 0.3) is 0 Å². The Bertz CT molecular complexity index is 546. The lowest BCUT2D eigenvalue weighted by Crippen LogP contribution is -1.97. The summed E-state index contributed by atoms with van der Waals surface area (Å²) in [5, 5.41) is 12.7. The van der Waals surface area contributed by atoms with Gasteiger partial charge in [0, 0.05) is 22.7 Å². The molecule has 2 heterocycles. The van der Waals surface area contributed by atoms with E-state index < -0.39 is 5.97 Å². The summed E-state index contributed by atoms with van der Waals surface area (Å²) in [6.45, 7) is 0. The molecule has 0 radical (unpaired) electrons. The molecular weight excluding hydrogens is 198 g/mol. The highest BCUT2D eigenvalue weighted by molar-refractivity contribution is 6.04. The first-order chi connectivity index (χ1) is 7.24. The van der Waals surface area contributed by atoms with E-state index in [1.807, 2.05) is 0 Å². The predicted molar refractivity (Wildman–Crippen MR) is 51.9 cm³/mol. The quantitative estimate of drug-likeness (QED) is 0.442. The zero-order valence-corrected chi connectivity index (χ0v) is 7.38. The zero-order valence-electron chi connectivity index (χ0n) is 7.38. The van der Waals surface area contributed by atoms with Gasteiger partial charge in [0.2, 0.25) is 0 Å². The van der Waals surface area contributed by atoms with Crippen molar-refractivity contribution in [3.63, 3.8) is 0 Å². The molecule has 0 aliphatic rings. The van der Waals surface area contributed by atoms with Gasteiger partial charge in [-0.3, -0.25) is 4.98 Å².